The van der Waals surface area contributed by atoms with Crippen LogP contribution in [0, 0.1) is 5.82 Å². The van der Waals surface area contributed by atoms with E-state index in [1.165, 1.54) is 17.4 Å². The summed E-state index contributed by atoms with van der Waals surface area (Å²) in [6, 6.07) is 20.6. The highest BCUT2D eigenvalue weighted by Crippen LogP contribution is 2.30. The highest BCUT2D eigenvalue weighted by Gasteiger charge is 2.20. The van der Waals surface area contributed by atoms with Gasteiger partial charge in [0, 0.05) is 54.1 Å². The van der Waals surface area contributed by atoms with Crippen molar-refractivity contribution >= 4 is 23.3 Å². The fourth-order valence-electron chi connectivity index (χ4n) is 3.83. The molecule has 1 unspecified atom stereocenters. The van der Waals surface area contributed by atoms with Crippen LogP contribution in [0.5, 0.6) is 0 Å². The second-order valence-electron chi connectivity index (χ2n) is 8.09. The number of piperazine rings is 1. The summed E-state index contributed by atoms with van der Waals surface area (Å²) < 4.78 is 14.0. The Labute approximate surface area is 193 Å². The van der Waals surface area contributed by atoms with Gasteiger partial charge in [0.15, 0.2) is 0 Å². The van der Waals surface area contributed by atoms with Gasteiger partial charge in [-0.15, -0.1) is 11.3 Å². The van der Waals surface area contributed by atoms with Gasteiger partial charge in [-0.05, 0) is 36.9 Å². The molecule has 0 bridgehead atoms. The van der Waals surface area contributed by atoms with Gasteiger partial charge in [0.05, 0.1) is 6.04 Å². The van der Waals surface area contributed by atoms with Crippen LogP contribution in [0.25, 0.3) is 16.5 Å². The van der Waals surface area contributed by atoms with E-state index in [9.17, 15) is 9.18 Å². The van der Waals surface area contributed by atoms with Gasteiger partial charge < -0.3 is 10.2 Å². The van der Waals surface area contributed by atoms with E-state index in [-0.39, 0.29) is 17.8 Å². The van der Waals surface area contributed by atoms with Crippen molar-refractivity contribution in [3.05, 3.63) is 89.1 Å². The number of benzene rings is 2. The molecule has 1 aromatic heterocycles. The van der Waals surface area contributed by atoms with Crippen molar-refractivity contribution in [1.82, 2.24) is 15.1 Å². The molecule has 1 aliphatic heterocycles. The van der Waals surface area contributed by atoms with Crippen LogP contribution in [-0.4, -0.2) is 55.5 Å². The number of hydrogen-bond acceptors (Lipinski definition) is 4. The third-order valence-electron chi connectivity index (χ3n) is 5.72. The van der Waals surface area contributed by atoms with Crippen molar-refractivity contribution in [3.63, 3.8) is 0 Å². The average Bonchev–Trinajstić information content (AvgIpc) is 3.28. The molecule has 32 heavy (non-hydrogen) atoms. The normalized spacial score (nSPS) is 16.3. The predicted molar refractivity (Wildman–Crippen MR) is 130 cm³/mol. The zero-order valence-electron chi connectivity index (χ0n) is 18.2. The van der Waals surface area contributed by atoms with Crippen LogP contribution in [0.15, 0.2) is 72.8 Å². The van der Waals surface area contributed by atoms with Crippen LogP contribution in [-0.2, 0) is 4.79 Å². The molecule has 0 radical (unpaired) electrons. The summed E-state index contributed by atoms with van der Waals surface area (Å²) >= 11 is 1.47. The second-order valence-corrected chi connectivity index (χ2v) is 9.21. The molecule has 1 amide bonds. The van der Waals surface area contributed by atoms with Gasteiger partial charge in [-0.3, -0.25) is 9.69 Å². The number of rotatable bonds is 7. The van der Waals surface area contributed by atoms with E-state index in [1.54, 1.807) is 24.3 Å². The lowest BCUT2D eigenvalue weighted by Gasteiger charge is -2.34. The Morgan fingerprint density at radius 3 is 2.50 bits per heavy atom. The molecule has 1 fully saturated rings. The lowest BCUT2D eigenvalue weighted by Crippen LogP contribution is -2.47. The Morgan fingerprint density at radius 2 is 1.75 bits per heavy atom. The maximum atomic E-state index is 14.0. The summed E-state index contributed by atoms with van der Waals surface area (Å²) in [4.78, 5) is 19.2. The molecule has 4 rings (SSSR count). The first kappa shape index (κ1) is 22.4. The van der Waals surface area contributed by atoms with Gasteiger partial charge in [0.1, 0.15) is 5.82 Å². The van der Waals surface area contributed by atoms with Crippen LogP contribution in [0.2, 0.25) is 0 Å². The number of hydrogen-bond donors (Lipinski definition) is 1. The number of nitrogens with one attached hydrogen (secondary N) is 1. The monoisotopic (exact) mass is 449 g/mol. The molecule has 6 heteroatoms. The molecule has 0 saturated carbocycles. The molecule has 1 aliphatic rings. The van der Waals surface area contributed by atoms with E-state index in [1.807, 2.05) is 36.4 Å². The van der Waals surface area contributed by atoms with Crippen LogP contribution >= 0.6 is 11.3 Å². The minimum Gasteiger partial charge on any atom is -0.344 e. The number of likely N-dealkylation sites (N-methyl/N-ethyl adjacent to an activating group) is 1. The topological polar surface area (TPSA) is 35.6 Å². The van der Waals surface area contributed by atoms with Gasteiger partial charge in [-0.1, -0.05) is 48.5 Å². The van der Waals surface area contributed by atoms with Crippen molar-refractivity contribution in [2.45, 2.75) is 6.04 Å². The fraction of sp³-hybridized carbons (Fsp3) is 0.269. The first-order chi connectivity index (χ1) is 15.6. The van der Waals surface area contributed by atoms with Gasteiger partial charge in [-0.25, -0.2) is 4.39 Å². The maximum absolute atomic E-state index is 14.0. The summed E-state index contributed by atoms with van der Waals surface area (Å²) in [7, 11) is 2.14. The number of nitrogens with zero attached hydrogens (tertiary/aromatic N) is 2. The number of carbonyl (C=O) groups is 1. The lowest BCUT2D eigenvalue weighted by atomic mass is 10.1. The highest BCUT2D eigenvalue weighted by atomic mass is 32.1. The van der Waals surface area contributed by atoms with Crippen LogP contribution in [0.4, 0.5) is 4.39 Å². The van der Waals surface area contributed by atoms with Crippen LogP contribution < -0.4 is 5.32 Å². The van der Waals surface area contributed by atoms with E-state index >= 15 is 0 Å². The Morgan fingerprint density at radius 1 is 1.03 bits per heavy atom. The SMILES string of the molecule is CN1CCN(CC(NC(=O)/C=C/c2ccc(-c3ccccc3F)s2)c2ccccc2)CC1. The minimum absolute atomic E-state index is 0.0749. The predicted octanol–water partition coefficient (Wildman–Crippen LogP) is 4.67. The Balaban J connectivity index is 1.42. The first-order valence-corrected chi connectivity index (χ1v) is 11.7. The first-order valence-electron chi connectivity index (χ1n) is 10.9. The molecule has 2 aromatic carbocycles. The zero-order chi connectivity index (χ0) is 22.3. The third-order valence-corrected chi connectivity index (χ3v) is 6.80. The highest BCUT2D eigenvalue weighted by molar-refractivity contribution is 7.16. The molecule has 1 N–H and O–H groups in total. The summed E-state index contributed by atoms with van der Waals surface area (Å²) in [5.74, 6) is -0.369. The summed E-state index contributed by atoms with van der Waals surface area (Å²) in [5, 5.41) is 3.17. The molecule has 4 nitrogen and oxygen atoms in total. The number of amides is 1. The molecule has 166 valence electrons. The quantitative estimate of drug-likeness (QED) is 0.533. The number of carbonyl (C=O) groups excluding carboxylic acids is 1. The number of halogens is 1. The Hall–Kier alpha value is -2.80. The standard InChI is InChI=1S/C26H28FN3OS/c1-29-15-17-30(18-16-29)19-24(20-7-3-2-4-8-20)28-26(31)14-12-21-11-13-25(32-21)22-9-5-6-10-23(22)27/h2-14,24H,15-19H2,1H3,(H,28,31)/b14-12+. The smallest absolute Gasteiger partial charge is 0.244 e. The third kappa shape index (κ3) is 5.91. The lowest BCUT2D eigenvalue weighted by molar-refractivity contribution is -0.117. The Bertz CT molecular complexity index is 1060. The van der Waals surface area contributed by atoms with Gasteiger partial charge >= 0.3 is 0 Å². The minimum atomic E-state index is -0.239. The van der Waals surface area contributed by atoms with Crippen LogP contribution in [0.1, 0.15) is 16.5 Å². The molecule has 2 heterocycles. The van der Waals surface area contributed by atoms with Gasteiger partial charge in [0.2, 0.25) is 5.91 Å². The zero-order valence-corrected chi connectivity index (χ0v) is 19.0. The van der Waals surface area contributed by atoms with Crippen LogP contribution in [0.3, 0.4) is 0 Å². The Kier molecular flexibility index (Phi) is 7.47. The molecular weight excluding hydrogens is 421 g/mol. The molecular formula is C26H28FN3OS. The molecule has 1 atom stereocenters. The van der Waals surface area contributed by atoms with E-state index in [0.29, 0.717) is 5.56 Å². The van der Waals surface area contributed by atoms with Crippen molar-refractivity contribution in [2.24, 2.45) is 0 Å². The van der Waals surface area contributed by atoms with E-state index in [2.05, 4.69) is 34.3 Å². The van der Waals surface area contributed by atoms with E-state index < -0.39 is 0 Å². The summed E-state index contributed by atoms with van der Waals surface area (Å²) in [6.45, 7) is 4.86. The van der Waals surface area contributed by atoms with Crippen molar-refractivity contribution in [1.29, 1.82) is 0 Å². The fourth-order valence-corrected chi connectivity index (χ4v) is 4.77. The second kappa shape index (κ2) is 10.7. The maximum Gasteiger partial charge on any atom is 0.244 e. The molecule has 3 aromatic rings. The van der Waals surface area contributed by atoms with Crippen molar-refractivity contribution < 1.29 is 9.18 Å². The molecule has 0 spiro atoms. The van der Waals surface area contributed by atoms with E-state index in [0.717, 1.165) is 48.0 Å². The summed E-state index contributed by atoms with van der Waals surface area (Å²) in [6.07, 6.45) is 3.36. The molecule has 0 aliphatic carbocycles. The van der Waals surface area contributed by atoms with E-state index in [4.69, 9.17) is 0 Å². The molecule has 1 saturated heterocycles. The summed E-state index contributed by atoms with van der Waals surface area (Å²) in [5.41, 5.74) is 1.68. The van der Waals surface area contributed by atoms with Gasteiger partial charge in [-0.2, -0.15) is 0 Å². The van der Waals surface area contributed by atoms with Crippen molar-refractivity contribution in [2.75, 3.05) is 39.8 Å². The average molecular weight is 450 g/mol. The largest absolute Gasteiger partial charge is 0.344 e. The number of thiophene rings is 1. The van der Waals surface area contributed by atoms with Gasteiger partial charge in [0.25, 0.3) is 0 Å². The van der Waals surface area contributed by atoms with Crippen molar-refractivity contribution in [3.8, 4) is 10.4 Å².